The van der Waals surface area contributed by atoms with Crippen LogP contribution in [0.4, 0.5) is 11.5 Å². The second kappa shape index (κ2) is 11.1. The second-order valence-electron chi connectivity index (χ2n) is 8.71. The molecule has 1 unspecified atom stereocenters. The van der Waals surface area contributed by atoms with Crippen LogP contribution >= 0.6 is 0 Å². The number of hydrogen-bond donors (Lipinski definition) is 2. The number of allylic oxidation sites excluding steroid dienone is 1. The third-order valence-corrected chi connectivity index (χ3v) is 5.78. The number of anilines is 1. The van der Waals surface area contributed by atoms with Gasteiger partial charge in [-0.05, 0) is 31.6 Å². The highest BCUT2D eigenvalue weighted by atomic mass is 16.5. The third-order valence-electron chi connectivity index (χ3n) is 5.78. The van der Waals surface area contributed by atoms with E-state index in [4.69, 9.17) is 4.74 Å². The molecule has 4 rings (SSSR count). The average molecular weight is 479 g/mol. The second-order valence-corrected chi connectivity index (χ2v) is 8.71. The molecule has 1 aliphatic carbocycles. The fraction of sp³-hybridized carbons (Fsp3) is 0.458. The molecule has 11 heteroatoms. The monoisotopic (exact) mass is 478 g/mol. The maximum atomic E-state index is 13.4. The molecule has 1 fully saturated rings. The maximum Gasteiger partial charge on any atom is 0.278 e. The van der Waals surface area contributed by atoms with E-state index in [0.717, 1.165) is 30.7 Å². The molecular formula is C24H30N8O3. The van der Waals surface area contributed by atoms with Gasteiger partial charge < -0.3 is 15.4 Å². The van der Waals surface area contributed by atoms with E-state index < -0.39 is 5.91 Å². The zero-order chi connectivity index (χ0) is 24.8. The molecule has 2 aliphatic rings. The third kappa shape index (κ3) is 6.04. The number of ether oxygens (including phenoxy) is 1. The molecule has 2 aromatic rings. The Morgan fingerprint density at radius 2 is 2.09 bits per heavy atom. The Hall–Kier alpha value is -3.73. The molecule has 0 bridgehead atoms. The first-order valence-electron chi connectivity index (χ1n) is 11.7. The van der Waals surface area contributed by atoms with E-state index in [1.165, 1.54) is 17.9 Å². The Kier molecular flexibility index (Phi) is 7.76. The number of methoxy groups -OCH3 is 1. The highest BCUT2D eigenvalue weighted by Crippen LogP contribution is 2.39. The standard InChI is InChI=1S/C24H30N8O3/c1-15-5-4-8-26-12-17(11-15)29-22-20(30-18(13-27-22)16-6-7-16)23(33)31-19-14-28-32(9-10-35-3)21(19)24(34)25-2/h4,8,12-16H,5-7,9-11H2,1-3H3,(H,25,34)(H,31,33)/b8-4+,26-12?,29-17?. The SMILES string of the molecule is CNC(=O)c1c(NC(=O)c2nc(C3CC3)cnc2N=C2C=N/C=C/CC(C)C2)cnn1CCOC. The van der Waals surface area contributed by atoms with Crippen LogP contribution in [-0.2, 0) is 11.3 Å². The molecule has 2 aromatic heterocycles. The lowest BCUT2D eigenvalue weighted by atomic mass is 10.0. The summed E-state index contributed by atoms with van der Waals surface area (Å²) >= 11 is 0. The van der Waals surface area contributed by atoms with Crippen LogP contribution in [-0.4, -0.2) is 64.3 Å². The van der Waals surface area contributed by atoms with E-state index in [1.807, 2.05) is 6.08 Å². The molecule has 1 saturated carbocycles. The van der Waals surface area contributed by atoms with Crippen molar-refractivity contribution in [3.05, 3.63) is 41.8 Å². The highest BCUT2D eigenvalue weighted by molar-refractivity contribution is 6.31. The number of hydrogen-bond acceptors (Lipinski definition) is 8. The first-order chi connectivity index (χ1) is 17.0. The van der Waals surface area contributed by atoms with Gasteiger partial charge in [-0.1, -0.05) is 13.0 Å². The van der Waals surface area contributed by atoms with Crippen LogP contribution in [0.5, 0.6) is 0 Å². The normalized spacial score (nSPS) is 19.7. The Balaban J connectivity index is 1.68. The minimum atomic E-state index is -0.508. The summed E-state index contributed by atoms with van der Waals surface area (Å²) in [4.78, 5) is 44.0. The predicted molar refractivity (Wildman–Crippen MR) is 133 cm³/mol. The van der Waals surface area contributed by atoms with Gasteiger partial charge in [0, 0.05) is 32.5 Å². The molecule has 2 amide bonds. The molecular weight excluding hydrogens is 448 g/mol. The van der Waals surface area contributed by atoms with Gasteiger partial charge in [0.15, 0.2) is 11.5 Å². The Bertz CT molecular complexity index is 1180. The number of carbonyl (C=O) groups excluding carboxylic acids is 2. The summed E-state index contributed by atoms with van der Waals surface area (Å²) in [7, 11) is 3.09. The van der Waals surface area contributed by atoms with Crippen LogP contribution < -0.4 is 10.6 Å². The molecule has 0 saturated heterocycles. The number of amides is 2. The van der Waals surface area contributed by atoms with Crippen molar-refractivity contribution in [1.82, 2.24) is 25.1 Å². The number of rotatable bonds is 8. The molecule has 11 nitrogen and oxygen atoms in total. The zero-order valence-corrected chi connectivity index (χ0v) is 20.2. The summed E-state index contributed by atoms with van der Waals surface area (Å²) < 4.78 is 6.59. The number of carbonyl (C=O) groups is 2. The summed E-state index contributed by atoms with van der Waals surface area (Å²) in [6.07, 6.45) is 12.2. The van der Waals surface area contributed by atoms with Crippen LogP contribution in [0.15, 0.2) is 34.7 Å². The Morgan fingerprint density at radius 3 is 2.83 bits per heavy atom. The largest absolute Gasteiger partial charge is 0.383 e. The van der Waals surface area contributed by atoms with Gasteiger partial charge in [0.1, 0.15) is 5.69 Å². The molecule has 0 spiro atoms. The van der Waals surface area contributed by atoms with Crippen molar-refractivity contribution in [3.8, 4) is 0 Å². The predicted octanol–water partition coefficient (Wildman–Crippen LogP) is 2.90. The maximum absolute atomic E-state index is 13.4. The van der Waals surface area contributed by atoms with Crippen molar-refractivity contribution in [2.24, 2.45) is 15.9 Å². The minimum absolute atomic E-state index is 0.105. The number of aliphatic imine (C=N–C) groups is 2. The molecule has 184 valence electrons. The van der Waals surface area contributed by atoms with Gasteiger partial charge in [0.25, 0.3) is 11.8 Å². The molecule has 35 heavy (non-hydrogen) atoms. The molecule has 3 heterocycles. The van der Waals surface area contributed by atoms with Gasteiger partial charge in [-0.25, -0.2) is 15.0 Å². The van der Waals surface area contributed by atoms with E-state index in [9.17, 15) is 9.59 Å². The van der Waals surface area contributed by atoms with E-state index >= 15 is 0 Å². The van der Waals surface area contributed by atoms with Crippen LogP contribution in [0.3, 0.4) is 0 Å². The average Bonchev–Trinajstić information content (AvgIpc) is 3.62. The lowest BCUT2D eigenvalue weighted by Gasteiger charge is -2.12. The Labute approximate surface area is 203 Å². The van der Waals surface area contributed by atoms with Gasteiger partial charge in [-0.2, -0.15) is 5.10 Å². The van der Waals surface area contributed by atoms with Gasteiger partial charge in [0.2, 0.25) is 0 Å². The molecule has 1 atom stereocenters. The summed E-state index contributed by atoms with van der Waals surface area (Å²) in [5, 5.41) is 9.63. The lowest BCUT2D eigenvalue weighted by Crippen LogP contribution is -2.25. The van der Waals surface area contributed by atoms with Crippen molar-refractivity contribution >= 4 is 35.2 Å². The van der Waals surface area contributed by atoms with Crippen LogP contribution in [0, 0.1) is 5.92 Å². The van der Waals surface area contributed by atoms with E-state index in [1.54, 1.807) is 25.7 Å². The molecule has 1 aliphatic heterocycles. The highest BCUT2D eigenvalue weighted by Gasteiger charge is 2.28. The molecule has 2 N–H and O–H groups in total. The van der Waals surface area contributed by atoms with Crippen molar-refractivity contribution in [3.63, 3.8) is 0 Å². The van der Waals surface area contributed by atoms with E-state index in [0.29, 0.717) is 31.4 Å². The van der Waals surface area contributed by atoms with Crippen molar-refractivity contribution in [1.29, 1.82) is 0 Å². The van der Waals surface area contributed by atoms with E-state index in [-0.39, 0.29) is 28.8 Å². The number of nitrogens with zero attached hydrogens (tertiary/aromatic N) is 6. The quantitative estimate of drug-likeness (QED) is 0.599. The number of aromatic nitrogens is 4. The summed E-state index contributed by atoms with van der Waals surface area (Å²) in [5.41, 5.74) is 2.10. The summed E-state index contributed by atoms with van der Waals surface area (Å²) in [5.74, 6) is 0.0210. The van der Waals surface area contributed by atoms with E-state index in [2.05, 4.69) is 42.6 Å². The lowest BCUT2D eigenvalue weighted by molar-refractivity contribution is 0.0949. The van der Waals surface area contributed by atoms with Crippen molar-refractivity contribution in [2.75, 3.05) is 26.1 Å². The van der Waals surface area contributed by atoms with Crippen molar-refractivity contribution in [2.45, 2.75) is 45.1 Å². The van der Waals surface area contributed by atoms with Crippen LogP contribution in [0.1, 0.15) is 65.2 Å². The minimum Gasteiger partial charge on any atom is -0.383 e. The summed E-state index contributed by atoms with van der Waals surface area (Å²) in [6, 6.07) is 0. The van der Waals surface area contributed by atoms with Crippen molar-refractivity contribution < 1.29 is 14.3 Å². The topological polar surface area (TPSA) is 136 Å². The fourth-order valence-corrected chi connectivity index (χ4v) is 3.76. The van der Waals surface area contributed by atoms with Gasteiger partial charge >= 0.3 is 0 Å². The molecule has 0 aromatic carbocycles. The summed E-state index contributed by atoms with van der Waals surface area (Å²) in [6.45, 7) is 2.86. The smallest absolute Gasteiger partial charge is 0.278 e. The first-order valence-corrected chi connectivity index (χ1v) is 11.7. The van der Waals surface area contributed by atoms with Crippen LogP contribution in [0.25, 0.3) is 0 Å². The first kappa shape index (κ1) is 24.4. The van der Waals surface area contributed by atoms with Gasteiger partial charge in [-0.15, -0.1) is 0 Å². The van der Waals surface area contributed by atoms with Crippen LogP contribution in [0.2, 0.25) is 0 Å². The van der Waals surface area contributed by atoms with Gasteiger partial charge in [-0.3, -0.25) is 19.3 Å². The van der Waals surface area contributed by atoms with Gasteiger partial charge in [0.05, 0.1) is 42.6 Å². The zero-order valence-electron chi connectivity index (χ0n) is 20.2. The number of nitrogens with one attached hydrogen (secondary N) is 2. The fourth-order valence-electron chi connectivity index (χ4n) is 3.76. The molecule has 0 radical (unpaired) electrons. The Morgan fingerprint density at radius 1 is 1.26 bits per heavy atom.